The topological polar surface area (TPSA) is 70.6 Å². The van der Waals surface area contributed by atoms with E-state index in [4.69, 9.17) is 10.9 Å². The minimum atomic E-state index is 0.334. The summed E-state index contributed by atoms with van der Waals surface area (Å²) in [7, 11) is 0. The van der Waals surface area contributed by atoms with Crippen LogP contribution in [0.25, 0.3) is 0 Å². The average Bonchev–Trinajstić information content (AvgIpc) is 2.35. The SMILES string of the molecule is CCCCCCCCNCCCCC(N)=NO. The lowest BCUT2D eigenvalue weighted by atomic mass is 10.1. The molecule has 0 aliphatic heterocycles. The summed E-state index contributed by atoms with van der Waals surface area (Å²) in [5, 5.41) is 14.7. The minimum absolute atomic E-state index is 0.334. The normalized spacial score (nSPS) is 11.9. The highest BCUT2D eigenvalue weighted by Crippen LogP contribution is 2.04. The zero-order valence-electron chi connectivity index (χ0n) is 11.2. The van der Waals surface area contributed by atoms with E-state index < -0.39 is 0 Å². The Hall–Kier alpha value is -0.770. The van der Waals surface area contributed by atoms with E-state index in [-0.39, 0.29) is 0 Å². The van der Waals surface area contributed by atoms with Gasteiger partial charge in [-0.1, -0.05) is 44.2 Å². The van der Waals surface area contributed by atoms with Crippen molar-refractivity contribution < 1.29 is 5.21 Å². The van der Waals surface area contributed by atoms with Crippen LogP contribution >= 0.6 is 0 Å². The monoisotopic (exact) mass is 243 g/mol. The number of oxime groups is 1. The molecular formula is C13H29N3O. The molecule has 4 heteroatoms. The number of hydrogen-bond acceptors (Lipinski definition) is 3. The van der Waals surface area contributed by atoms with Crippen molar-refractivity contribution in [1.82, 2.24) is 5.32 Å². The first-order valence-electron chi connectivity index (χ1n) is 6.98. The lowest BCUT2D eigenvalue weighted by Gasteiger charge is -2.04. The first kappa shape index (κ1) is 16.2. The van der Waals surface area contributed by atoms with Crippen molar-refractivity contribution >= 4 is 5.84 Å². The number of nitrogens with two attached hydrogens (primary N) is 1. The van der Waals surface area contributed by atoms with Crippen molar-refractivity contribution in [3.63, 3.8) is 0 Å². The molecule has 0 aromatic carbocycles. The molecule has 0 aliphatic rings. The molecule has 0 saturated carbocycles. The van der Waals surface area contributed by atoms with Gasteiger partial charge >= 0.3 is 0 Å². The number of amidine groups is 1. The van der Waals surface area contributed by atoms with Gasteiger partial charge in [0.15, 0.2) is 0 Å². The van der Waals surface area contributed by atoms with E-state index in [1.165, 1.54) is 38.5 Å². The van der Waals surface area contributed by atoms with E-state index in [9.17, 15) is 0 Å². The van der Waals surface area contributed by atoms with Crippen LogP contribution in [0.1, 0.15) is 64.7 Å². The second kappa shape index (κ2) is 13.3. The van der Waals surface area contributed by atoms with Crippen molar-refractivity contribution in [2.75, 3.05) is 13.1 Å². The zero-order valence-corrected chi connectivity index (χ0v) is 11.2. The van der Waals surface area contributed by atoms with Gasteiger partial charge in [-0.15, -0.1) is 0 Å². The van der Waals surface area contributed by atoms with Crippen molar-refractivity contribution in [2.24, 2.45) is 10.9 Å². The smallest absolute Gasteiger partial charge is 0.139 e. The highest BCUT2D eigenvalue weighted by Gasteiger charge is 1.94. The molecule has 0 bridgehead atoms. The molecule has 0 radical (unpaired) electrons. The number of unbranched alkanes of at least 4 members (excludes halogenated alkanes) is 6. The molecule has 0 rings (SSSR count). The van der Waals surface area contributed by atoms with Gasteiger partial charge < -0.3 is 16.3 Å². The maximum atomic E-state index is 8.34. The van der Waals surface area contributed by atoms with E-state index in [0.717, 1.165) is 25.9 Å². The van der Waals surface area contributed by atoms with Gasteiger partial charge in [-0.2, -0.15) is 0 Å². The lowest BCUT2D eigenvalue weighted by Crippen LogP contribution is -2.17. The maximum Gasteiger partial charge on any atom is 0.139 e. The fourth-order valence-corrected chi connectivity index (χ4v) is 1.76. The highest BCUT2D eigenvalue weighted by molar-refractivity contribution is 5.79. The fourth-order valence-electron chi connectivity index (χ4n) is 1.76. The second-order valence-corrected chi connectivity index (χ2v) is 4.57. The first-order chi connectivity index (χ1) is 8.31. The van der Waals surface area contributed by atoms with Gasteiger partial charge in [0.25, 0.3) is 0 Å². The quantitative estimate of drug-likeness (QED) is 0.162. The average molecular weight is 243 g/mol. The first-order valence-corrected chi connectivity index (χ1v) is 6.98. The Morgan fingerprint density at radius 2 is 1.59 bits per heavy atom. The minimum Gasteiger partial charge on any atom is -0.409 e. The molecule has 4 nitrogen and oxygen atoms in total. The summed E-state index contributed by atoms with van der Waals surface area (Å²) in [4.78, 5) is 0. The molecule has 0 amide bonds. The summed E-state index contributed by atoms with van der Waals surface area (Å²) in [6.07, 6.45) is 10.8. The molecule has 4 N–H and O–H groups in total. The molecule has 0 atom stereocenters. The summed E-state index contributed by atoms with van der Waals surface area (Å²) in [5.41, 5.74) is 5.37. The Kier molecular flexibility index (Phi) is 12.7. The summed E-state index contributed by atoms with van der Waals surface area (Å²) in [5.74, 6) is 0.334. The van der Waals surface area contributed by atoms with Crippen molar-refractivity contribution in [3.8, 4) is 0 Å². The van der Waals surface area contributed by atoms with Gasteiger partial charge in [-0.3, -0.25) is 0 Å². The third-order valence-corrected chi connectivity index (χ3v) is 2.87. The van der Waals surface area contributed by atoms with Gasteiger partial charge in [-0.05, 0) is 32.4 Å². The van der Waals surface area contributed by atoms with Gasteiger partial charge in [-0.25, -0.2) is 0 Å². The highest BCUT2D eigenvalue weighted by atomic mass is 16.4. The summed E-state index contributed by atoms with van der Waals surface area (Å²) in [6, 6.07) is 0. The van der Waals surface area contributed by atoms with E-state index in [1.54, 1.807) is 0 Å². The number of nitrogens with one attached hydrogen (secondary N) is 1. The van der Waals surface area contributed by atoms with Gasteiger partial charge in [0.1, 0.15) is 5.84 Å². The van der Waals surface area contributed by atoms with Crippen molar-refractivity contribution in [3.05, 3.63) is 0 Å². The van der Waals surface area contributed by atoms with Gasteiger partial charge in [0, 0.05) is 6.42 Å². The Bertz CT molecular complexity index is 184. The van der Waals surface area contributed by atoms with Crippen LogP contribution < -0.4 is 11.1 Å². The molecule has 0 aliphatic carbocycles. The zero-order chi connectivity index (χ0) is 12.8. The van der Waals surface area contributed by atoms with Crippen molar-refractivity contribution in [2.45, 2.75) is 64.7 Å². The maximum absolute atomic E-state index is 8.34. The Labute approximate surface area is 106 Å². The largest absolute Gasteiger partial charge is 0.409 e. The van der Waals surface area contributed by atoms with Crippen molar-refractivity contribution in [1.29, 1.82) is 0 Å². The summed E-state index contributed by atoms with van der Waals surface area (Å²) < 4.78 is 0. The van der Waals surface area contributed by atoms with E-state index in [0.29, 0.717) is 12.3 Å². The number of rotatable bonds is 12. The standard InChI is InChI=1S/C13H29N3O/c1-2-3-4-5-6-8-11-15-12-9-7-10-13(14)16-17/h15,17H,2-12H2,1H3,(H2,14,16). The third kappa shape index (κ3) is 13.2. The molecule has 0 saturated heterocycles. The van der Waals surface area contributed by atoms with E-state index in [1.807, 2.05) is 0 Å². The van der Waals surface area contributed by atoms with Crippen LogP contribution in [0.3, 0.4) is 0 Å². The lowest BCUT2D eigenvalue weighted by molar-refractivity contribution is 0.316. The molecule has 0 spiro atoms. The predicted molar refractivity (Wildman–Crippen MR) is 73.5 cm³/mol. The number of nitrogens with zero attached hydrogens (tertiary/aromatic N) is 1. The molecule has 0 aromatic heterocycles. The fraction of sp³-hybridized carbons (Fsp3) is 0.923. The molecule has 0 fully saturated rings. The summed E-state index contributed by atoms with van der Waals surface area (Å²) in [6.45, 7) is 4.40. The second-order valence-electron chi connectivity index (χ2n) is 4.57. The molecular weight excluding hydrogens is 214 g/mol. The molecule has 0 unspecified atom stereocenters. The van der Waals surface area contributed by atoms with Crippen LogP contribution in [0.15, 0.2) is 5.16 Å². The van der Waals surface area contributed by atoms with Crippen LogP contribution in [0, 0.1) is 0 Å². The molecule has 0 heterocycles. The van der Waals surface area contributed by atoms with Crippen LogP contribution in [0.5, 0.6) is 0 Å². The summed E-state index contributed by atoms with van der Waals surface area (Å²) >= 11 is 0. The molecule has 17 heavy (non-hydrogen) atoms. The van der Waals surface area contributed by atoms with Crippen LogP contribution in [0.2, 0.25) is 0 Å². The number of hydrogen-bond donors (Lipinski definition) is 3. The van der Waals surface area contributed by atoms with E-state index >= 15 is 0 Å². The van der Waals surface area contributed by atoms with Crippen LogP contribution in [-0.2, 0) is 0 Å². The Balaban J connectivity index is 2.99. The third-order valence-electron chi connectivity index (χ3n) is 2.87. The van der Waals surface area contributed by atoms with Gasteiger partial charge in [0.05, 0.1) is 0 Å². The molecule has 102 valence electrons. The Morgan fingerprint density at radius 3 is 2.24 bits per heavy atom. The predicted octanol–water partition coefficient (Wildman–Crippen LogP) is 2.85. The molecule has 0 aromatic rings. The Morgan fingerprint density at radius 1 is 1.00 bits per heavy atom. The van der Waals surface area contributed by atoms with Crippen LogP contribution in [-0.4, -0.2) is 24.1 Å². The van der Waals surface area contributed by atoms with Gasteiger partial charge in [0.2, 0.25) is 0 Å². The van der Waals surface area contributed by atoms with E-state index in [2.05, 4.69) is 17.4 Å². The van der Waals surface area contributed by atoms with Crippen LogP contribution in [0.4, 0.5) is 0 Å².